The Hall–Kier alpha value is -2.69. The van der Waals surface area contributed by atoms with Crippen LogP contribution in [0.3, 0.4) is 0 Å². The van der Waals surface area contributed by atoms with Crippen molar-refractivity contribution in [3.8, 4) is 23.0 Å². The van der Waals surface area contributed by atoms with Crippen LogP contribution < -0.4 is 18.9 Å². The Kier molecular flexibility index (Phi) is 4.57. The molecule has 1 heterocycles. The summed E-state index contributed by atoms with van der Waals surface area (Å²) in [6.45, 7) is 3.99. The molecule has 0 unspecified atom stereocenters. The minimum absolute atomic E-state index is 0.122. The molecule has 0 saturated carbocycles. The fourth-order valence-electron chi connectivity index (χ4n) is 3.42. The molecule has 0 bridgehead atoms. The number of aryl methyl sites for hydroxylation is 2. The molecular formula is C20H22O5. The molecule has 0 spiro atoms. The van der Waals surface area contributed by atoms with Gasteiger partial charge in [0.15, 0.2) is 11.5 Å². The van der Waals surface area contributed by atoms with Crippen molar-refractivity contribution in [1.82, 2.24) is 0 Å². The van der Waals surface area contributed by atoms with Crippen LogP contribution >= 0.6 is 0 Å². The van der Waals surface area contributed by atoms with Crippen LogP contribution in [0.4, 0.5) is 0 Å². The maximum Gasteiger partial charge on any atom is 0.312 e. The van der Waals surface area contributed by atoms with Gasteiger partial charge >= 0.3 is 5.97 Å². The first-order valence-electron chi connectivity index (χ1n) is 8.10. The maximum absolute atomic E-state index is 12.2. The third kappa shape index (κ3) is 3.02. The summed E-state index contributed by atoms with van der Waals surface area (Å²) in [4.78, 5) is 12.2. The molecular weight excluding hydrogens is 320 g/mol. The molecule has 3 rings (SSSR count). The van der Waals surface area contributed by atoms with Crippen LogP contribution in [-0.4, -0.2) is 27.3 Å². The first-order valence-corrected chi connectivity index (χ1v) is 8.10. The van der Waals surface area contributed by atoms with E-state index in [1.165, 1.54) is 0 Å². The van der Waals surface area contributed by atoms with Crippen LogP contribution in [0.2, 0.25) is 0 Å². The Morgan fingerprint density at radius 2 is 1.60 bits per heavy atom. The van der Waals surface area contributed by atoms with E-state index in [1.54, 1.807) is 21.3 Å². The minimum Gasteiger partial charge on any atom is -0.493 e. The van der Waals surface area contributed by atoms with Crippen LogP contribution in [0.25, 0.3) is 0 Å². The fourth-order valence-corrected chi connectivity index (χ4v) is 3.42. The standard InChI is InChI=1S/C20H22O5/c1-11-6-12(2)19-15(7-11)14(10-18(21)25-19)13-8-16(22-3)20(24-5)17(9-13)23-4/h6-9,14H,10H2,1-5H3/t14-/m1/s1. The normalized spacial score (nSPS) is 16.0. The molecule has 132 valence electrons. The number of methoxy groups -OCH3 is 3. The molecule has 2 aromatic carbocycles. The number of rotatable bonds is 4. The Morgan fingerprint density at radius 1 is 0.960 bits per heavy atom. The van der Waals surface area contributed by atoms with Crippen molar-refractivity contribution in [3.63, 3.8) is 0 Å². The number of hydrogen-bond donors (Lipinski definition) is 0. The largest absolute Gasteiger partial charge is 0.493 e. The number of fused-ring (bicyclic) bond motifs is 1. The van der Waals surface area contributed by atoms with Gasteiger partial charge < -0.3 is 18.9 Å². The first-order chi connectivity index (χ1) is 12.0. The predicted octanol–water partition coefficient (Wildman–Crippen LogP) is 3.77. The average Bonchev–Trinajstić information content (AvgIpc) is 2.60. The molecule has 5 nitrogen and oxygen atoms in total. The van der Waals surface area contributed by atoms with E-state index in [1.807, 2.05) is 32.0 Å². The van der Waals surface area contributed by atoms with Gasteiger partial charge in [-0.3, -0.25) is 4.79 Å². The highest BCUT2D eigenvalue weighted by molar-refractivity contribution is 5.78. The monoisotopic (exact) mass is 342 g/mol. The SMILES string of the molecule is COc1cc([C@H]2CC(=O)Oc3c(C)cc(C)cc32)cc(OC)c1OC. The number of esters is 1. The van der Waals surface area contributed by atoms with Gasteiger partial charge in [0.2, 0.25) is 5.75 Å². The smallest absolute Gasteiger partial charge is 0.312 e. The van der Waals surface area contributed by atoms with Crippen molar-refractivity contribution in [2.24, 2.45) is 0 Å². The number of carbonyl (C=O) groups is 1. The molecule has 2 aromatic rings. The fraction of sp³-hybridized carbons (Fsp3) is 0.350. The van der Waals surface area contributed by atoms with Crippen LogP contribution in [0.1, 0.15) is 34.6 Å². The van der Waals surface area contributed by atoms with Crippen molar-refractivity contribution in [1.29, 1.82) is 0 Å². The van der Waals surface area contributed by atoms with E-state index in [9.17, 15) is 4.79 Å². The summed E-state index contributed by atoms with van der Waals surface area (Å²) in [5.41, 5.74) is 4.02. The summed E-state index contributed by atoms with van der Waals surface area (Å²) < 4.78 is 21.8. The lowest BCUT2D eigenvalue weighted by atomic mass is 9.84. The molecule has 0 aliphatic carbocycles. The summed E-state index contributed by atoms with van der Waals surface area (Å²) in [6.07, 6.45) is 0.272. The van der Waals surface area contributed by atoms with Crippen LogP contribution in [0, 0.1) is 13.8 Å². The second-order valence-corrected chi connectivity index (χ2v) is 6.19. The third-order valence-corrected chi connectivity index (χ3v) is 4.50. The zero-order valence-electron chi connectivity index (χ0n) is 15.1. The highest BCUT2D eigenvalue weighted by Crippen LogP contribution is 2.46. The molecule has 25 heavy (non-hydrogen) atoms. The summed E-state index contributed by atoms with van der Waals surface area (Å²) >= 11 is 0. The van der Waals surface area contributed by atoms with Gasteiger partial charge in [-0.1, -0.05) is 17.7 Å². The summed E-state index contributed by atoms with van der Waals surface area (Å²) in [5, 5.41) is 0. The molecule has 1 aliphatic heterocycles. The lowest BCUT2D eigenvalue weighted by Crippen LogP contribution is -2.22. The number of ether oxygens (including phenoxy) is 4. The Morgan fingerprint density at radius 3 is 2.16 bits per heavy atom. The van der Waals surface area contributed by atoms with Crippen LogP contribution in [0.5, 0.6) is 23.0 Å². The molecule has 5 heteroatoms. The van der Waals surface area contributed by atoms with Crippen molar-refractivity contribution in [2.75, 3.05) is 21.3 Å². The molecule has 0 saturated heterocycles. The number of hydrogen-bond acceptors (Lipinski definition) is 5. The van der Waals surface area contributed by atoms with Crippen LogP contribution in [-0.2, 0) is 4.79 Å². The van der Waals surface area contributed by atoms with Gasteiger partial charge in [0.05, 0.1) is 27.8 Å². The van der Waals surface area contributed by atoms with Gasteiger partial charge in [0.1, 0.15) is 5.75 Å². The molecule has 0 amide bonds. The van der Waals surface area contributed by atoms with Gasteiger partial charge in [-0.2, -0.15) is 0 Å². The topological polar surface area (TPSA) is 54.0 Å². The summed E-state index contributed by atoms with van der Waals surface area (Å²) in [6, 6.07) is 7.88. The van der Waals surface area contributed by atoms with Crippen molar-refractivity contribution in [2.45, 2.75) is 26.2 Å². The second-order valence-electron chi connectivity index (χ2n) is 6.19. The maximum atomic E-state index is 12.2. The van der Waals surface area contributed by atoms with E-state index in [2.05, 4.69) is 6.07 Å². The van der Waals surface area contributed by atoms with E-state index in [-0.39, 0.29) is 18.3 Å². The lowest BCUT2D eigenvalue weighted by molar-refractivity contribution is -0.135. The molecule has 0 fully saturated rings. The van der Waals surface area contributed by atoms with Crippen molar-refractivity contribution in [3.05, 3.63) is 46.5 Å². The Balaban J connectivity index is 2.19. The minimum atomic E-state index is -0.238. The zero-order valence-corrected chi connectivity index (χ0v) is 15.1. The van der Waals surface area contributed by atoms with Crippen molar-refractivity contribution >= 4 is 5.97 Å². The van der Waals surface area contributed by atoms with Gasteiger partial charge in [-0.25, -0.2) is 0 Å². The second kappa shape index (κ2) is 6.67. The van der Waals surface area contributed by atoms with E-state index in [0.29, 0.717) is 23.0 Å². The van der Waals surface area contributed by atoms with E-state index in [0.717, 1.165) is 22.3 Å². The average molecular weight is 342 g/mol. The molecule has 1 atom stereocenters. The summed E-state index contributed by atoms with van der Waals surface area (Å²) in [7, 11) is 4.73. The van der Waals surface area contributed by atoms with E-state index < -0.39 is 0 Å². The quantitative estimate of drug-likeness (QED) is 0.625. The lowest BCUT2D eigenvalue weighted by Gasteiger charge is -2.27. The third-order valence-electron chi connectivity index (χ3n) is 4.50. The highest BCUT2D eigenvalue weighted by atomic mass is 16.5. The van der Waals surface area contributed by atoms with E-state index >= 15 is 0 Å². The van der Waals surface area contributed by atoms with E-state index in [4.69, 9.17) is 18.9 Å². The van der Waals surface area contributed by atoms with Crippen LogP contribution in [0.15, 0.2) is 24.3 Å². The highest BCUT2D eigenvalue weighted by Gasteiger charge is 2.31. The zero-order chi connectivity index (χ0) is 18.1. The predicted molar refractivity (Wildman–Crippen MR) is 94.1 cm³/mol. The molecule has 1 aliphatic rings. The molecule has 0 N–H and O–H groups in total. The first kappa shape index (κ1) is 17.1. The van der Waals surface area contributed by atoms with Gasteiger partial charge in [-0.15, -0.1) is 0 Å². The van der Waals surface area contributed by atoms with Crippen molar-refractivity contribution < 1.29 is 23.7 Å². The molecule has 0 aromatic heterocycles. The summed E-state index contributed by atoms with van der Waals surface area (Å²) in [5.74, 6) is 1.97. The Labute approximate surface area is 147 Å². The number of benzene rings is 2. The Bertz CT molecular complexity index is 800. The van der Waals surface area contributed by atoms with Gasteiger partial charge in [-0.05, 0) is 37.1 Å². The number of carbonyl (C=O) groups excluding carboxylic acids is 1. The van der Waals surface area contributed by atoms with Gasteiger partial charge in [0.25, 0.3) is 0 Å². The van der Waals surface area contributed by atoms with Gasteiger partial charge in [0, 0.05) is 11.5 Å². The molecule has 0 radical (unpaired) electrons.